The lowest BCUT2D eigenvalue weighted by Gasteiger charge is -2.48. The van der Waals surface area contributed by atoms with Crippen LogP contribution in [0.2, 0.25) is 0 Å². The van der Waals surface area contributed by atoms with E-state index in [2.05, 4.69) is 44.5 Å². The molecule has 2 N–H and O–H groups in total. The van der Waals surface area contributed by atoms with Crippen molar-refractivity contribution in [3.05, 3.63) is 0 Å². The van der Waals surface area contributed by atoms with Crippen LogP contribution < -0.4 is 5.73 Å². The van der Waals surface area contributed by atoms with Gasteiger partial charge >= 0.3 is 0 Å². The lowest BCUT2D eigenvalue weighted by molar-refractivity contribution is 0.0163. The predicted octanol–water partition coefficient (Wildman–Crippen LogP) is 0.748. The molecule has 0 amide bonds. The summed E-state index contributed by atoms with van der Waals surface area (Å²) in [6, 6.07) is 0.747. The van der Waals surface area contributed by atoms with Gasteiger partial charge in [-0.15, -0.1) is 0 Å². The van der Waals surface area contributed by atoms with Crippen LogP contribution in [0.15, 0.2) is 0 Å². The number of piperazine rings is 1. The zero-order valence-electron chi connectivity index (χ0n) is 10.2. The van der Waals surface area contributed by atoms with Crippen molar-refractivity contribution in [2.24, 2.45) is 5.73 Å². The van der Waals surface area contributed by atoms with E-state index in [0.717, 1.165) is 19.6 Å². The first-order valence-electron chi connectivity index (χ1n) is 5.55. The smallest absolute Gasteiger partial charge is 0.0277 e. The Morgan fingerprint density at radius 2 is 1.79 bits per heavy atom. The maximum absolute atomic E-state index is 5.93. The molecular weight excluding hydrogens is 174 g/mol. The fraction of sp³-hybridized carbons (Fsp3) is 1.00. The highest BCUT2D eigenvalue weighted by molar-refractivity contribution is 4.91. The van der Waals surface area contributed by atoms with Gasteiger partial charge in [0, 0.05) is 37.3 Å². The minimum atomic E-state index is 0.259. The molecule has 0 spiro atoms. The molecule has 0 aromatic rings. The van der Waals surface area contributed by atoms with Crippen LogP contribution in [0, 0.1) is 0 Å². The topological polar surface area (TPSA) is 32.5 Å². The average Bonchev–Trinajstić information content (AvgIpc) is 2.08. The first-order chi connectivity index (χ1) is 6.34. The fourth-order valence-electron chi connectivity index (χ4n) is 1.96. The summed E-state index contributed by atoms with van der Waals surface area (Å²) in [6.45, 7) is 12.3. The second-order valence-corrected chi connectivity index (χ2v) is 5.30. The van der Waals surface area contributed by atoms with Crippen molar-refractivity contribution in [1.29, 1.82) is 0 Å². The van der Waals surface area contributed by atoms with Gasteiger partial charge in [0.25, 0.3) is 0 Å². The second kappa shape index (κ2) is 4.17. The van der Waals surface area contributed by atoms with E-state index in [1.807, 2.05) is 0 Å². The van der Waals surface area contributed by atoms with Gasteiger partial charge in [0.05, 0.1) is 0 Å². The van der Waals surface area contributed by atoms with Gasteiger partial charge in [-0.2, -0.15) is 0 Å². The third-order valence-electron chi connectivity index (χ3n) is 3.68. The SMILES string of the molecule is CC(N)C(C)N1CCN(C)C(C)(C)C1. The van der Waals surface area contributed by atoms with E-state index >= 15 is 0 Å². The van der Waals surface area contributed by atoms with Crippen molar-refractivity contribution in [2.75, 3.05) is 26.7 Å². The summed E-state index contributed by atoms with van der Waals surface area (Å²) in [5.41, 5.74) is 6.21. The minimum Gasteiger partial charge on any atom is -0.327 e. The van der Waals surface area contributed by atoms with E-state index in [9.17, 15) is 0 Å². The molecule has 0 aliphatic carbocycles. The summed E-state index contributed by atoms with van der Waals surface area (Å²) in [7, 11) is 2.20. The Balaban J connectivity index is 2.59. The van der Waals surface area contributed by atoms with E-state index < -0.39 is 0 Å². The van der Waals surface area contributed by atoms with Gasteiger partial charge in [-0.3, -0.25) is 9.80 Å². The van der Waals surface area contributed by atoms with Gasteiger partial charge < -0.3 is 5.73 Å². The molecule has 3 heteroatoms. The highest BCUT2D eigenvalue weighted by Crippen LogP contribution is 2.20. The molecule has 1 saturated heterocycles. The first-order valence-corrected chi connectivity index (χ1v) is 5.55. The summed E-state index contributed by atoms with van der Waals surface area (Å²) < 4.78 is 0. The standard InChI is InChI=1S/C11H25N3/c1-9(12)10(2)14-7-6-13(5)11(3,4)8-14/h9-10H,6-8,12H2,1-5H3. The van der Waals surface area contributed by atoms with E-state index in [4.69, 9.17) is 5.73 Å². The first kappa shape index (κ1) is 12.0. The van der Waals surface area contributed by atoms with Gasteiger partial charge in [-0.05, 0) is 34.7 Å². The summed E-state index contributed by atoms with van der Waals surface area (Å²) in [5.74, 6) is 0. The Morgan fingerprint density at radius 3 is 2.21 bits per heavy atom. The number of nitrogens with two attached hydrogens (primary N) is 1. The van der Waals surface area contributed by atoms with Crippen molar-refractivity contribution >= 4 is 0 Å². The molecule has 0 saturated carbocycles. The third kappa shape index (κ3) is 2.47. The number of hydrogen-bond acceptors (Lipinski definition) is 3. The molecule has 2 atom stereocenters. The van der Waals surface area contributed by atoms with Crippen LogP contribution in [-0.4, -0.2) is 54.1 Å². The zero-order valence-corrected chi connectivity index (χ0v) is 10.2. The average molecular weight is 199 g/mol. The number of likely N-dealkylation sites (N-methyl/N-ethyl adjacent to an activating group) is 1. The molecule has 1 heterocycles. The van der Waals surface area contributed by atoms with Crippen molar-refractivity contribution in [3.63, 3.8) is 0 Å². The highest BCUT2D eigenvalue weighted by Gasteiger charge is 2.33. The Kier molecular flexibility index (Phi) is 3.56. The number of nitrogens with zero attached hydrogens (tertiary/aromatic N) is 2. The summed E-state index contributed by atoms with van der Waals surface area (Å²) >= 11 is 0. The molecule has 14 heavy (non-hydrogen) atoms. The van der Waals surface area contributed by atoms with Crippen molar-refractivity contribution < 1.29 is 0 Å². The summed E-state index contributed by atoms with van der Waals surface area (Å²) in [6.07, 6.45) is 0. The normalized spacial score (nSPS) is 28.7. The Hall–Kier alpha value is -0.120. The Labute approximate surface area is 88.2 Å². The lowest BCUT2D eigenvalue weighted by atomic mass is 9.97. The fourth-order valence-corrected chi connectivity index (χ4v) is 1.96. The molecule has 1 aliphatic rings. The van der Waals surface area contributed by atoms with Crippen LogP contribution >= 0.6 is 0 Å². The van der Waals surface area contributed by atoms with E-state index in [-0.39, 0.29) is 11.6 Å². The lowest BCUT2D eigenvalue weighted by Crippen LogP contribution is -2.61. The monoisotopic (exact) mass is 199 g/mol. The van der Waals surface area contributed by atoms with Gasteiger partial charge in [0.15, 0.2) is 0 Å². The molecule has 84 valence electrons. The van der Waals surface area contributed by atoms with E-state index in [0.29, 0.717) is 6.04 Å². The van der Waals surface area contributed by atoms with Crippen LogP contribution in [0.1, 0.15) is 27.7 Å². The molecule has 3 nitrogen and oxygen atoms in total. The van der Waals surface area contributed by atoms with E-state index in [1.54, 1.807) is 0 Å². The summed E-state index contributed by atoms with van der Waals surface area (Å²) in [5, 5.41) is 0. The van der Waals surface area contributed by atoms with Crippen LogP contribution in [0.5, 0.6) is 0 Å². The molecule has 1 fully saturated rings. The number of hydrogen-bond donors (Lipinski definition) is 1. The quantitative estimate of drug-likeness (QED) is 0.712. The van der Waals surface area contributed by atoms with Crippen molar-refractivity contribution in [3.8, 4) is 0 Å². The maximum atomic E-state index is 5.93. The molecule has 2 unspecified atom stereocenters. The Morgan fingerprint density at radius 1 is 1.21 bits per heavy atom. The molecule has 0 aromatic heterocycles. The highest BCUT2D eigenvalue weighted by atomic mass is 15.3. The van der Waals surface area contributed by atoms with Crippen LogP contribution in [0.3, 0.4) is 0 Å². The van der Waals surface area contributed by atoms with Crippen LogP contribution in [0.25, 0.3) is 0 Å². The molecular formula is C11H25N3. The van der Waals surface area contributed by atoms with Crippen LogP contribution in [-0.2, 0) is 0 Å². The van der Waals surface area contributed by atoms with Crippen molar-refractivity contribution in [1.82, 2.24) is 9.80 Å². The van der Waals surface area contributed by atoms with Crippen molar-refractivity contribution in [2.45, 2.75) is 45.3 Å². The van der Waals surface area contributed by atoms with E-state index in [1.165, 1.54) is 0 Å². The van der Waals surface area contributed by atoms with Gasteiger partial charge in [0.2, 0.25) is 0 Å². The molecule has 0 aromatic carbocycles. The number of rotatable bonds is 2. The molecule has 0 radical (unpaired) electrons. The molecule has 1 rings (SSSR count). The Bertz CT molecular complexity index is 189. The summed E-state index contributed by atoms with van der Waals surface area (Å²) in [4.78, 5) is 4.93. The maximum Gasteiger partial charge on any atom is 0.0277 e. The van der Waals surface area contributed by atoms with Gasteiger partial charge in [-0.25, -0.2) is 0 Å². The zero-order chi connectivity index (χ0) is 10.9. The third-order valence-corrected chi connectivity index (χ3v) is 3.68. The van der Waals surface area contributed by atoms with Crippen LogP contribution in [0.4, 0.5) is 0 Å². The predicted molar refractivity (Wildman–Crippen MR) is 61.4 cm³/mol. The largest absolute Gasteiger partial charge is 0.327 e. The second-order valence-electron chi connectivity index (χ2n) is 5.30. The molecule has 0 bridgehead atoms. The minimum absolute atomic E-state index is 0.259. The molecule has 1 aliphatic heterocycles. The van der Waals surface area contributed by atoms with Gasteiger partial charge in [0.1, 0.15) is 0 Å². The van der Waals surface area contributed by atoms with Gasteiger partial charge in [-0.1, -0.05) is 0 Å².